The molecule has 0 aromatic carbocycles. The number of hydrogen-bond acceptors (Lipinski definition) is 6. The molecule has 0 saturated carbocycles. The molecule has 0 spiro atoms. The fourth-order valence-electron chi connectivity index (χ4n) is 1.29. The van der Waals surface area contributed by atoms with Crippen LogP contribution in [0, 0.1) is 10.4 Å². The zero-order chi connectivity index (χ0) is 15.4. The molecule has 0 amide bonds. The van der Waals surface area contributed by atoms with Crippen LogP contribution in [0.4, 0.5) is 0 Å². The minimum atomic E-state index is 0.0234. The molecule has 0 aromatic rings. The van der Waals surface area contributed by atoms with Crippen LogP contribution >= 0.6 is 0 Å². The summed E-state index contributed by atoms with van der Waals surface area (Å²) in [5.41, 5.74) is 0. The second-order valence-corrected chi connectivity index (χ2v) is 3.61. The van der Waals surface area contributed by atoms with E-state index in [9.17, 15) is 10.4 Å². The predicted molar refractivity (Wildman–Crippen MR) is 69.9 cm³/mol. The van der Waals surface area contributed by atoms with E-state index < -0.39 is 0 Å². The van der Waals surface area contributed by atoms with Crippen LogP contribution in [-0.2, 0) is 9.68 Å². The molecular weight excluding hydrogens is 268 g/mol. The Morgan fingerprint density at radius 3 is 1.30 bits per heavy atom. The summed E-state index contributed by atoms with van der Waals surface area (Å²) < 4.78 is 0. The third-order valence-corrected chi connectivity index (χ3v) is 2.47. The average molecular weight is 292 g/mol. The van der Waals surface area contributed by atoms with E-state index in [1.807, 2.05) is 27.7 Å². The van der Waals surface area contributed by atoms with Gasteiger partial charge in [0.15, 0.2) is 13.2 Å². The van der Waals surface area contributed by atoms with Crippen LogP contribution < -0.4 is 0 Å². The summed E-state index contributed by atoms with van der Waals surface area (Å²) >= 11 is 0. The van der Waals surface area contributed by atoms with Gasteiger partial charge in [0.1, 0.15) is 0 Å². The lowest BCUT2D eigenvalue weighted by Gasteiger charge is -2.13. The van der Waals surface area contributed by atoms with Gasteiger partial charge in [-0.05, 0) is 27.7 Å². The lowest BCUT2D eigenvalue weighted by atomic mass is 10.6. The summed E-state index contributed by atoms with van der Waals surface area (Å²) in [6.45, 7) is 9.53. The molecular formula is C10H24N6O4. The van der Waals surface area contributed by atoms with Crippen molar-refractivity contribution >= 4 is 0 Å². The van der Waals surface area contributed by atoms with E-state index in [4.69, 9.17) is 9.68 Å². The lowest BCUT2D eigenvalue weighted by Crippen LogP contribution is -2.30. The molecule has 0 aromatic heterocycles. The van der Waals surface area contributed by atoms with Gasteiger partial charge < -0.3 is 20.1 Å². The van der Waals surface area contributed by atoms with Gasteiger partial charge in [-0.3, -0.25) is 0 Å². The molecule has 20 heavy (non-hydrogen) atoms. The second kappa shape index (κ2) is 10.9. The first-order valence-electron chi connectivity index (χ1n) is 6.70. The summed E-state index contributed by atoms with van der Waals surface area (Å²) in [7, 11) is 0. The molecule has 0 aliphatic heterocycles. The Labute approximate surface area is 118 Å². The van der Waals surface area contributed by atoms with Crippen molar-refractivity contribution in [1.29, 1.82) is 0 Å². The molecule has 0 aliphatic rings. The molecule has 0 heterocycles. The topological polar surface area (TPSA) is 102 Å². The molecule has 10 nitrogen and oxygen atoms in total. The number of hydrazine groups is 2. The molecule has 0 unspecified atom stereocenters. The van der Waals surface area contributed by atoms with Crippen LogP contribution in [-0.4, -0.2) is 59.3 Å². The van der Waals surface area contributed by atoms with Crippen molar-refractivity contribution in [2.24, 2.45) is 10.6 Å². The maximum atomic E-state index is 11.3. The lowest BCUT2D eigenvalue weighted by molar-refractivity contribution is -0.712. The first-order chi connectivity index (χ1) is 9.60. The van der Waals surface area contributed by atoms with Crippen LogP contribution in [0.15, 0.2) is 10.6 Å². The highest BCUT2D eigenvalue weighted by Gasteiger charge is 2.07. The van der Waals surface area contributed by atoms with Crippen molar-refractivity contribution in [2.75, 3.05) is 39.4 Å². The molecule has 10 heteroatoms. The van der Waals surface area contributed by atoms with Crippen LogP contribution in [0.25, 0.3) is 0 Å². The van der Waals surface area contributed by atoms with Crippen molar-refractivity contribution in [3.8, 4) is 0 Å². The summed E-state index contributed by atoms with van der Waals surface area (Å²) in [6, 6.07) is 0. The van der Waals surface area contributed by atoms with E-state index >= 15 is 0 Å². The molecule has 0 rings (SSSR count). The number of rotatable bonds is 11. The third kappa shape index (κ3) is 6.81. The molecule has 0 N–H and O–H groups in total. The first-order valence-corrected chi connectivity index (χ1v) is 6.70. The van der Waals surface area contributed by atoms with Gasteiger partial charge in [0.2, 0.25) is 10.6 Å². The highest BCUT2D eigenvalue weighted by molar-refractivity contribution is 4.30. The third-order valence-electron chi connectivity index (χ3n) is 2.47. The standard InChI is InChI=1S/C10H24N6O4/c1-5-13(6-2)15(17)11-19-9-10-20-12-16(18)14(7-3)8-4/h5-10H2,1-4H3/b15-11-,16-12-. The molecule has 0 radical (unpaired) electrons. The quantitative estimate of drug-likeness (QED) is 0.246. The Morgan fingerprint density at radius 1 is 0.750 bits per heavy atom. The van der Waals surface area contributed by atoms with Gasteiger partial charge in [0.05, 0.1) is 36.1 Å². The zero-order valence-electron chi connectivity index (χ0n) is 12.6. The van der Waals surface area contributed by atoms with Gasteiger partial charge in [-0.1, -0.05) is 0 Å². The Hall–Kier alpha value is -2.00. The van der Waals surface area contributed by atoms with E-state index in [0.29, 0.717) is 36.1 Å². The molecule has 0 fully saturated rings. The van der Waals surface area contributed by atoms with E-state index in [1.165, 1.54) is 10.0 Å². The van der Waals surface area contributed by atoms with E-state index in [2.05, 4.69) is 10.6 Å². The Balaban J connectivity index is 3.92. The minimum Gasteiger partial charge on any atom is -0.569 e. The van der Waals surface area contributed by atoms with Crippen molar-refractivity contribution < 1.29 is 19.6 Å². The van der Waals surface area contributed by atoms with Crippen LogP contribution in [0.1, 0.15) is 27.7 Å². The van der Waals surface area contributed by atoms with Crippen LogP contribution in [0.5, 0.6) is 0 Å². The summed E-state index contributed by atoms with van der Waals surface area (Å²) in [6.07, 6.45) is 0. The molecule has 0 saturated heterocycles. The largest absolute Gasteiger partial charge is 0.569 e. The van der Waals surface area contributed by atoms with Crippen LogP contribution in [0.2, 0.25) is 0 Å². The Bertz CT molecular complexity index is 274. The van der Waals surface area contributed by atoms with E-state index in [1.54, 1.807) is 0 Å². The monoisotopic (exact) mass is 292 g/mol. The summed E-state index contributed by atoms with van der Waals surface area (Å²) in [5, 5.41) is 32.2. The highest BCUT2D eigenvalue weighted by atomic mass is 16.7. The number of hydrogen-bond donors (Lipinski definition) is 0. The maximum absolute atomic E-state index is 11.3. The van der Waals surface area contributed by atoms with Crippen LogP contribution in [0.3, 0.4) is 0 Å². The molecule has 118 valence electrons. The molecule has 0 bridgehead atoms. The van der Waals surface area contributed by atoms with Gasteiger partial charge in [-0.2, -0.15) is 0 Å². The van der Waals surface area contributed by atoms with Gasteiger partial charge >= 0.3 is 0 Å². The predicted octanol–water partition coefficient (Wildman–Crippen LogP) is 1.29. The van der Waals surface area contributed by atoms with E-state index in [0.717, 1.165) is 0 Å². The zero-order valence-corrected chi connectivity index (χ0v) is 12.6. The van der Waals surface area contributed by atoms with Crippen molar-refractivity contribution in [3.05, 3.63) is 10.4 Å². The van der Waals surface area contributed by atoms with E-state index in [-0.39, 0.29) is 13.2 Å². The SMILES string of the molecule is CCN(CC)/[N+]([O-])=N/OCCO/N=[N+](\[O-])N(CC)CC. The maximum Gasteiger partial charge on any atom is 0.233 e. The minimum absolute atomic E-state index is 0.0234. The van der Waals surface area contributed by atoms with Gasteiger partial charge in [0, 0.05) is 0 Å². The fraction of sp³-hybridized carbons (Fsp3) is 1.00. The van der Waals surface area contributed by atoms with Crippen molar-refractivity contribution in [2.45, 2.75) is 27.7 Å². The van der Waals surface area contributed by atoms with Crippen molar-refractivity contribution in [1.82, 2.24) is 10.0 Å². The molecule has 0 atom stereocenters. The Morgan fingerprint density at radius 2 is 1.05 bits per heavy atom. The number of nitrogens with zero attached hydrogens (tertiary/aromatic N) is 6. The Kier molecular flexibility index (Phi) is 9.79. The first kappa shape index (κ1) is 18.0. The normalized spacial score (nSPS) is 12.2. The fourth-order valence-corrected chi connectivity index (χ4v) is 1.29. The molecule has 0 aliphatic carbocycles. The van der Waals surface area contributed by atoms with Gasteiger partial charge in [0.25, 0.3) is 0 Å². The second-order valence-electron chi connectivity index (χ2n) is 3.61. The average Bonchev–Trinajstić information content (AvgIpc) is 2.45. The van der Waals surface area contributed by atoms with Gasteiger partial charge in [-0.25, -0.2) is 0 Å². The smallest absolute Gasteiger partial charge is 0.233 e. The summed E-state index contributed by atoms with van der Waals surface area (Å²) in [5.74, 6) is 0. The van der Waals surface area contributed by atoms with Gasteiger partial charge in [-0.15, -0.1) is 10.0 Å². The van der Waals surface area contributed by atoms with Crippen molar-refractivity contribution in [3.63, 3.8) is 0 Å². The highest BCUT2D eigenvalue weighted by Crippen LogP contribution is 1.92. The summed E-state index contributed by atoms with van der Waals surface area (Å²) in [4.78, 5) is 10.3.